The van der Waals surface area contributed by atoms with Gasteiger partial charge in [-0.2, -0.15) is 0 Å². The van der Waals surface area contributed by atoms with Crippen LogP contribution < -0.4 is 26.2 Å². The van der Waals surface area contributed by atoms with Gasteiger partial charge in [0.25, 0.3) is 6.71 Å². The Morgan fingerprint density at radius 3 is 1.03 bits per heavy atom. The van der Waals surface area contributed by atoms with Gasteiger partial charge in [0.15, 0.2) is 0 Å². The number of hydrogen-bond donors (Lipinski definition) is 0. The first-order valence-corrected chi connectivity index (χ1v) is 39.7. The molecule has 0 atom stereocenters. The van der Waals surface area contributed by atoms with E-state index in [0.717, 1.165) is 156 Å². The van der Waals surface area contributed by atoms with E-state index in [1.54, 1.807) is 0 Å². The lowest BCUT2D eigenvalue weighted by molar-refractivity contribution is 0.669. The number of aromatic nitrogens is 1. The second-order valence-electron chi connectivity index (χ2n) is 30.5. The van der Waals surface area contributed by atoms with Crippen molar-refractivity contribution in [3.63, 3.8) is 0 Å². The van der Waals surface area contributed by atoms with E-state index < -0.39 is 0 Å². The highest BCUT2D eigenvalue weighted by Gasteiger charge is 2.46. The smallest absolute Gasteiger partial charge is 0.252 e. The highest BCUT2D eigenvalue weighted by atomic mass is 16.3. The zero-order valence-electron chi connectivity index (χ0n) is 62.7. The number of para-hydroxylation sites is 3. The van der Waals surface area contributed by atoms with E-state index >= 15 is 0 Å². The Morgan fingerprint density at radius 1 is 0.200 bits per heavy atom. The van der Waals surface area contributed by atoms with Crippen LogP contribution >= 0.6 is 0 Å². The van der Waals surface area contributed by atoms with Crippen LogP contribution in [0.3, 0.4) is 0 Å². The van der Waals surface area contributed by atoms with Gasteiger partial charge in [-0.25, -0.2) is 0 Å². The number of furan rings is 1. The summed E-state index contributed by atoms with van der Waals surface area (Å²) in [4.78, 5) is 5.41. The van der Waals surface area contributed by atoms with Crippen molar-refractivity contribution in [1.82, 2.24) is 4.57 Å². The predicted octanol–water partition coefficient (Wildman–Crippen LogP) is 28.1. The first kappa shape index (κ1) is 65.8. The molecule has 0 fully saturated rings. The molecule has 0 N–H and O–H groups in total. The van der Waals surface area contributed by atoms with Crippen molar-refractivity contribution in [2.45, 2.75) is 0 Å². The van der Waals surface area contributed by atoms with Gasteiger partial charge < -0.3 is 18.8 Å². The molecule has 2 aliphatic rings. The first-order valence-electron chi connectivity index (χ1n) is 39.7. The molecule has 5 heteroatoms. The number of hydrogen-bond acceptors (Lipinski definition) is 3. The van der Waals surface area contributed by atoms with Gasteiger partial charge in [0.05, 0.1) is 28.1 Å². The van der Waals surface area contributed by atoms with E-state index in [-0.39, 0.29) is 6.71 Å². The predicted molar refractivity (Wildman–Crippen MR) is 486 cm³/mol. The van der Waals surface area contributed by atoms with Crippen molar-refractivity contribution < 1.29 is 4.42 Å². The summed E-state index contributed by atoms with van der Waals surface area (Å²) in [5.74, 6) is 0. The van der Waals surface area contributed by atoms with Crippen LogP contribution in [0.25, 0.3) is 171 Å². The second kappa shape index (κ2) is 26.9. The van der Waals surface area contributed by atoms with Crippen LogP contribution in [0.15, 0.2) is 429 Å². The molecular formula is C110H70BN3O. The topological polar surface area (TPSA) is 24.6 Å². The van der Waals surface area contributed by atoms with Gasteiger partial charge in [0, 0.05) is 66.5 Å². The molecule has 0 amide bonds. The quantitative estimate of drug-likeness (QED) is 0.0900. The summed E-state index contributed by atoms with van der Waals surface area (Å²) in [5, 5.41) is 9.35. The molecule has 534 valence electrons. The Hall–Kier alpha value is -15.0. The molecule has 0 unspecified atom stereocenters. The molecule has 0 aliphatic carbocycles. The van der Waals surface area contributed by atoms with Crippen molar-refractivity contribution in [1.29, 1.82) is 0 Å². The van der Waals surface area contributed by atoms with Crippen LogP contribution in [0.4, 0.5) is 34.1 Å². The van der Waals surface area contributed by atoms with Crippen molar-refractivity contribution in [2.75, 3.05) is 9.80 Å². The molecule has 0 saturated heterocycles. The normalized spacial score (nSPS) is 12.3. The number of rotatable bonds is 12. The fourth-order valence-corrected chi connectivity index (χ4v) is 19.1. The van der Waals surface area contributed by atoms with E-state index in [1.165, 1.54) is 65.4 Å². The van der Waals surface area contributed by atoms with Crippen LogP contribution in [0.2, 0.25) is 0 Å². The standard InChI is InChI=1S/C110H70BN3O/c1-8-32-71(33-9-1)81-62-92(73-36-12-3-13-37-73)109(93(63-81)74-38-14-4-15-39-74)113-100-61-58-78(79-56-59-87-86-48-28-31-55-104(86)115-105(87)68-79)66-97(100)111-96-60-57-80(107-90-51-24-22-49-88(90)106(77-44-20-7-21-45-77)89-50-23-25-52-91(89)107)67-101(96)114(103-70-83(69-102(113)108(103)111)112-98-53-29-26-46-84(98)85-47-27-30-54-99(85)112)110-94(75-40-16-5-17-41-75)64-82(72-34-10-2-11-35-72)65-95(110)76-42-18-6-19-43-76/h1-70H. The summed E-state index contributed by atoms with van der Waals surface area (Å²) in [5.41, 5.74) is 35.2. The minimum Gasteiger partial charge on any atom is -0.456 e. The van der Waals surface area contributed by atoms with Crippen LogP contribution in [0.1, 0.15) is 0 Å². The lowest BCUT2D eigenvalue weighted by Crippen LogP contribution is -2.61. The molecule has 2 aromatic heterocycles. The van der Waals surface area contributed by atoms with Crippen LogP contribution in [0, 0.1) is 0 Å². The Labute approximate surface area is 667 Å². The third kappa shape index (κ3) is 10.7. The van der Waals surface area contributed by atoms with Crippen LogP contribution in [-0.4, -0.2) is 11.3 Å². The maximum atomic E-state index is 6.79. The number of benzene rings is 19. The average Bonchev–Trinajstić information content (AvgIpc) is 1.10. The zero-order valence-corrected chi connectivity index (χ0v) is 62.7. The Kier molecular flexibility index (Phi) is 15.4. The van der Waals surface area contributed by atoms with Crippen LogP contribution in [-0.2, 0) is 0 Å². The minimum absolute atomic E-state index is 0.361. The molecule has 0 bridgehead atoms. The van der Waals surface area contributed by atoms with Gasteiger partial charge in [0.2, 0.25) is 0 Å². The molecule has 23 rings (SSSR count). The van der Waals surface area contributed by atoms with E-state index in [9.17, 15) is 0 Å². The number of anilines is 6. The van der Waals surface area contributed by atoms with Gasteiger partial charge in [-0.1, -0.05) is 346 Å². The van der Waals surface area contributed by atoms with Gasteiger partial charge in [-0.15, -0.1) is 0 Å². The fraction of sp³-hybridized carbons (Fsp3) is 0. The maximum Gasteiger partial charge on any atom is 0.252 e. The minimum atomic E-state index is -0.361. The largest absolute Gasteiger partial charge is 0.456 e. The summed E-state index contributed by atoms with van der Waals surface area (Å²) >= 11 is 0. The van der Waals surface area contributed by atoms with E-state index in [1.807, 2.05) is 0 Å². The van der Waals surface area contributed by atoms with Gasteiger partial charge in [-0.05, 0) is 195 Å². The molecule has 4 nitrogen and oxygen atoms in total. The van der Waals surface area contributed by atoms with Gasteiger partial charge in [0.1, 0.15) is 11.2 Å². The Balaban J connectivity index is 0.916. The fourth-order valence-electron chi connectivity index (χ4n) is 19.1. The Morgan fingerprint density at radius 2 is 0.557 bits per heavy atom. The van der Waals surface area contributed by atoms with Crippen LogP contribution in [0.5, 0.6) is 0 Å². The molecule has 0 spiro atoms. The molecule has 21 aromatic rings. The second-order valence-corrected chi connectivity index (χ2v) is 30.5. The van der Waals surface area contributed by atoms with E-state index in [4.69, 9.17) is 4.42 Å². The third-order valence-corrected chi connectivity index (χ3v) is 24.1. The third-order valence-electron chi connectivity index (χ3n) is 24.1. The monoisotopic (exact) mass is 1460 g/mol. The summed E-state index contributed by atoms with van der Waals surface area (Å²) in [6, 6.07) is 159. The summed E-state index contributed by atoms with van der Waals surface area (Å²) in [6.07, 6.45) is 0. The Bertz CT molecular complexity index is 7210. The lowest BCUT2D eigenvalue weighted by Gasteiger charge is -2.46. The molecule has 0 radical (unpaired) electrons. The SMILES string of the molecule is c1ccc(-c2cc(-c3ccccc3)c(N3c4ccc(-c5ccc6c(c5)oc5ccccc56)cc4B4c5ccc(-c6c7ccccc7c(-c7ccccc7)c7ccccc67)cc5N(c5c(-c6ccccc6)cc(-c6ccccc6)cc5-c5ccccc5)c5cc(-n6c7ccccc7c7ccccc76)cc3c54)c(-c3ccccc3)c2)cc1. The van der Waals surface area contributed by atoms with Gasteiger partial charge >= 0.3 is 0 Å². The summed E-state index contributed by atoms with van der Waals surface area (Å²) < 4.78 is 9.34. The molecule has 115 heavy (non-hydrogen) atoms. The van der Waals surface area contributed by atoms with Crippen molar-refractivity contribution >= 4 is 123 Å². The van der Waals surface area contributed by atoms with Gasteiger partial charge in [-0.3, -0.25) is 0 Å². The summed E-state index contributed by atoms with van der Waals surface area (Å²) in [7, 11) is 0. The molecule has 0 saturated carbocycles. The lowest BCUT2D eigenvalue weighted by atomic mass is 9.33. The molecule has 19 aromatic carbocycles. The average molecular weight is 1460 g/mol. The maximum absolute atomic E-state index is 6.79. The number of fused-ring (bicyclic) bond motifs is 12. The summed E-state index contributed by atoms with van der Waals surface area (Å²) in [6.45, 7) is -0.361. The highest BCUT2D eigenvalue weighted by Crippen LogP contribution is 2.57. The van der Waals surface area contributed by atoms with Crippen molar-refractivity contribution in [3.05, 3.63) is 425 Å². The first-order chi connectivity index (χ1) is 57.1. The van der Waals surface area contributed by atoms with Crippen molar-refractivity contribution in [2.24, 2.45) is 0 Å². The molecular weight excluding hydrogens is 1390 g/mol. The van der Waals surface area contributed by atoms with E-state index in [2.05, 4.69) is 439 Å². The molecule has 4 heterocycles. The van der Waals surface area contributed by atoms with Crippen molar-refractivity contribution in [3.8, 4) is 106 Å². The molecule has 2 aliphatic heterocycles. The highest BCUT2D eigenvalue weighted by molar-refractivity contribution is 7.00. The zero-order chi connectivity index (χ0) is 75.6. The number of nitrogens with zero attached hydrogens (tertiary/aromatic N) is 3. The van der Waals surface area contributed by atoms with E-state index in [0.29, 0.717) is 0 Å².